The van der Waals surface area contributed by atoms with Crippen LogP contribution in [0, 0.1) is 22.6 Å². The molecule has 0 aromatic heterocycles. The molecule has 1 aromatic carbocycles. The summed E-state index contributed by atoms with van der Waals surface area (Å²) in [6.07, 6.45) is 0. The number of carbonyl (C=O) groups is 1. The highest BCUT2D eigenvalue weighted by Gasteiger charge is 2.26. The Labute approximate surface area is 98.7 Å². The SMILES string of the molecule is CC(C)(CNc1ccc(F)c(C#N)c1)C(=O)O. The largest absolute Gasteiger partial charge is 0.481 e. The Morgan fingerprint density at radius 1 is 1.59 bits per heavy atom. The van der Waals surface area contributed by atoms with Gasteiger partial charge in [-0.15, -0.1) is 0 Å². The van der Waals surface area contributed by atoms with Crippen LogP contribution in [0.5, 0.6) is 0 Å². The summed E-state index contributed by atoms with van der Waals surface area (Å²) >= 11 is 0. The van der Waals surface area contributed by atoms with Crippen LogP contribution in [0.15, 0.2) is 18.2 Å². The summed E-state index contributed by atoms with van der Waals surface area (Å²) in [5, 5.41) is 20.4. The number of nitriles is 1. The number of benzene rings is 1. The zero-order chi connectivity index (χ0) is 13.1. The summed E-state index contributed by atoms with van der Waals surface area (Å²) in [6, 6.07) is 5.72. The maximum atomic E-state index is 13.0. The smallest absolute Gasteiger partial charge is 0.310 e. The third-order valence-electron chi connectivity index (χ3n) is 2.40. The predicted molar refractivity (Wildman–Crippen MR) is 61.0 cm³/mol. The number of nitrogens with one attached hydrogen (secondary N) is 1. The van der Waals surface area contributed by atoms with Crippen LogP contribution in [0.4, 0.5) is 10.1 Å². The minimum Gasteiger partial charge on any atom is -0.481 e. The van der Waals surface area contributed by atoms with Gasteiger partial charge in [0, 0.05) is 12.2 Å². The minimum atomic E-state index is -0.929. The van der Waals surface area contributed by atoms with Gasteiger partial charge in [-0.25, -0.2) is 4.39 Å². The van der Waals surface area contributed by atoms with Gasteiger partial charge in [-0.2, -0.15) is 5.26 Å². The second kappa shape index (κ2) is 4.83. The number of hydrogen-bond donors (Lipinski definition) is 2. The van der Waals surface area contributed by atoms with Crippen LogP contribution in [-0.4, -0.2) is 17.6 Å². The van der Waals surface area contributed by atoms with Gasteiger partial charge in [0.15, 0.2) is 0 Å². The van der Waals surface area contributed by atoms with Crippen LogP contribution in [0.25, 0.3) is 0 Å². The molecule has 0 atom stereocenters. The van der Waals surface area contributed by atoms with Crippen LogP contribution >= 0.6 is 0 Å². The average Bonchev–Trinajstić information content (AvgIpc) is 2.28. The first-order valence-corrected chi connectivity index (χ1v) is 5.04. The van der Waals surface area contributed by atoms with Crippen LogP contribution < -0.4 is 5.32 Å². The van der Waals surface area contributed by atoms with Crippen molar-refractivity contribution >= 4 is 11.7 Å². The fraction of sp³-hybridized carbons (Fsp3) is 0.333. The summed E-state index contributed by atoms with van der Waals surface area (Å²) in [5.41, 5.74) is -0.471. The van der Waals surface area contributed by atoms with E-state index >= 15 is 0 Å². The molecule has 2 N–H and O–H groups in total. The van der Waals surface area contributed by atoms with E-state index in [9.17, 15) is 9.18 Å². The van der Waals surface area contributed by atoms with E-state index in [-0.39, 0.29) is 12.1 Å². The molecule has 0 amide bonds. The molecule has 90 valence electrons. The second-order valence-electron chi connectivity index (χ2n) is 4.35. The highest BCUT2D eigenvalue weighted by Crippen LogP contribution is 2.19. The van der Waals surface area contributed by atoms with Crippen molar-refractivity contribution in [1.82, 2.24) is 0 Å². The van der Waals surface area contributed by atoms with Crippen molar-refractivity contribution in [2.45, 2.75) is 13.8 Å². The summed E-state index contributed by atoms with van der Waals surface area (Å²) in [4.78, 5) is 10.9. The molecule has 0 saturated heterocycles. The normalized spacial score (nSPS) is 10.7. The van der Waals surface area contributed by atoms with Gasteiger partial charge in [0.2, 0.25) is 0 Å². The molecule has 0 bridgehead atoms. The molecule has 0 aliphatic heterocycles. The maximum Gasteiger partial charge on any atom is 0.310 e. The maximum absolute atomic E-state index is 13.0. The number of aliphatic carboxylic acids is 1. The number of hydrogen-bond acceptors (Lipinski definition) is 3. The minimum absolute atomic E-state index is 0.0665. The predicted octanol–water partition coefficient (Wildman–Crippen LogP) is 2.22. The van der Waals surface area contributed by atoms with Crippen LogP contribution in [-0.2, 0) is 4.79 Å². The van der Waals surface area contributed by atoms with Crippen LogP contribution in [0.2, 0.25) is 0 Å². The lowest BCUT2D eigenvalue weighted by Crippen LogP contribution is -2.31. The molecule has 0 unspecified atom stereocenters. The second-order valence-corrected chi connectivity index (χ2v) is 4.35. The quantitative estimate of drug-likeness (QED) is 0.840. The Hall–Kier alpha value is -2.09. The molecule has 0 spiro atoms. The highest BCUT2D eigenvalue weighted by atomic mass is 19.1. The molecule has 0 aliphatic rings. The molecule has 1 aromatic rings. The number of nitrogens with zero attached hydrogens (tertiary/aromatic N) is 1. The highest BCUT2D eigenvalue weighted by molar-refractivity contribution is 5.74. The fourth-order valence-electron chi connectivity index (χ4n) is 1.12. The van der Waals surface area contributed by atoms with E-state index < -0.39 is 17.2 Å². The van der Waals surface area contributed by atoms with Crippen molar-refractivity contribution in [1.29, 1.82) is 5.26 Å². The Kier molecular flexibility index (Phi) is 3.69. The summed E-state index contributed by atoms with van der Waals surface area (Å²) in [6.45, 7) is 3.35. The summed E-state index contributed by atoms with van der Waals surface area (Å²) in [5.74, 6) is -1.51. The lowest BCUT2D eigenvalue weighted by Gasteiger charge is -2.20. The van der Waals surface area contributed by atoms with Crippen molar-refractivity contribution in [2.75, 3.05) is 11.9 Å². The number of carboxylic acids is 1. The van der Waals surface area contributed by atoms with E-state index in [1.807, 2.05) is 0 Å². The topological polar surface area (TPSA) is 73.1 Å². The zero-order valence-electron chi connectivity index (χ0n) is 9.62. The number of anilines is 1. The van der Waals surface area contributed by atoms with E-state index in [2.05, 4.69) is 5.32 Å². The van der Waals surface area contributed by atoms with Gasteiger partial charge < -0.3 is 10.4 Å². The molecule has 4 nitrogen and oxygen atoms in total. The van der Waals surface area contributed by atoms with Gasteiger partial charge in [-0.1, -0.05) is 0 Å². The van der Waals surface area contributed by atoms with E-state index in [1.165, 1.54) is 18.2 Å². The first-order valence-electron chi connectivity index (χ1n) is 5.04. The average molecular weight is 236 g/mol. The van der Waals surface area contributed by atoms with Gasteiger partial charge in [-0.05, 0) is 32.0 Å². The van der Waals surface area contributed by atoms with E-state index in [0.29, 0.717) is 5.69 Å². The van der Waals surface area contributed by atoms with E-state index in [4.69, 9.17) is 10.4 Å². The van der Waals surface area contributed by atoms with Gasteiger partial charge in [0.25, 0.3) is 0 Å². The monoisotopic (exact) mass is 236 g/mol. The third kappa shape index (κ3) is 3.18. The Morgan fingerprint density at radius 3 is 2.76 bits per heavy atom. The molecule has 0 aliphatic carbocycles. The Balaban J connectivity index is 2.78. The number of rotatable bonds is 4. The summed E-state index contributed by atoms with van der Waals surface area (Å²) in [7, 11) is 0. The Morgan fingerprint density at radius 2 is 2.24 bits per heavy atom. The van der Waals surface area contributed by atoms with E-state index in [1.54, 1.807) is 19.9 Å². The van der Waals surface area contributed by atoms with Crippen molar-refractivity contribution in [3.63, 3.8) is 0 Å². The van der Waals surface area contributed by atoms with Crippen molar-refractivity contribution in [2.24, 2.45) is 5.41 Å². The van der Waals surface area contributed by atoms with Crippen LogP contribution in [0.1, 0.15) is 19.4 Å². The van der Waals surface area contributed by atoms with Crippen molar-refractivity contribution < 1.29 is 14.3 Å². The van der Waals surface area contributed by atoms with Gasteiger partial charge >= 0.3 is 5.97 Å². The Bertz CT molecular complexity index is 478. The first-order chi connectivity index (χ1) is 7.86. The molecular weight excluding hydrogens is 223 g/mol. The molecule has 1 rings (SSSR count). The van der Waals surface area contributed by atoms with Gasteiger partial charge in [-0.3, -0.25) is 4.79 Å². The lowest BCUT2D eigenvalue weighted by atomic mass is 9.94. The van der Waals surface area contributed by atoms with Crippen molar-refractivity contribution in [3.8, 4) is 6.07 Å². The third-order valence-corrected chi connectivity index (χ3v) is 2.40. The molecule has 0 saturated carbocycles. The van der Waals surface area contributed by atoms with Gasteiger partial charge in [0.1, 0.15) is 11.9 Å². The number of carboxylic acid groups (broad SMARTS) is 1. The zero-order valence-corrected chi connectivity index (χ0v) is 9.62. The molecule has 0 fully saturated rings. The molecule has 0 heterocycles. The molecule has 5 heteroatoms. The fourth-order valence-corrected chi connectivity index (χ4v) is 1.12. The molecule has 0 radical (unpaired) electrons. The van der Waals surface area contributed by atoms with Crippen LogP contribution in [0.3, 0.4) is 0 Å². The molecule has 17 heavy (non-hydrogen) atoms. The lowest BCUT2D eigenvalue weighted by molar-refractivity contribution is -0.146. The summed E-state index contributed by atoms with van der Waals surface area (Å²) < 4.78 is 13.0. The number of halogens is 1. The van der Waals surface area contributed by atoms with Gasteiger partial charge in [0.05, 0.1) is 11.0 Å². The first kappa shape index (κ1) is 13.0. The molecular formula is C12H13FN2O2. The standard InChI is InChI=1S/C12H13FN2O2/c1-12(2,11(16)17)7-15-9-3-4-10(13)8(5-9)6-14/h3-5,15H,7H2,1-2H3,(H,16,17). The van der Waals surface area contributed by atoms with E-state index in [0.717, 1.165) is 0 Å². The van der Waals surface area contributed by atoms with Crippen molar-refractivity contribution in [3.05, 3.63) is 29.6 Å².